The number of sulfone groups is 1. The van der Waals surface area contributed by atoms with E-state index in [2.05, 4.69) is 0 Å². The van der Waals surface area contributed by atoms with E-state index in [1.807, 2.05) is 0 Å². The number of hydrogen-bond donors (Lipinski definition) is 1. The van der Waals surface area contributed by atoms with Gasteiger partial charge in [-0.05, 0) is 25.0 Å². The van der Waals surface area contributed by atoms with Crippen LogP contribution in [-0.2, 0) is 14.6 Å². The molecule has 2 rings (SSSR count). The van der Waals surface area contributed by atoms with Gasteiger partial charge in [-0.25, -0.2) is 8.42 Å². The van der Waals surface area contributed by atoms with Crippen LogP contribution < -0.4 is 4.90 Å². The van der Waals surface area contributed by atoms with Crippen LogP contribution in [0.3, 0.4) is 0 Å². The molecule has 0 atom stereocenters. The molecule has 1 fully saturated rings. The van der Waals surface area contributed by atoms with Gasteiger partial charge < -0.3 is 10.0 Å². The fourth-order valence-electron chi connectivity index (χ4n) is 2.56. The molecule has 24 heavy (non-hydrogen) atoms. The van der Waals surface area contributed by atoms with E-state index in [0.717, 1.165) is 12.1 Å². The predicted octanol–water partition coefficient (Wildman–Crippen LogP) is 1.89. The van der Waals surface area contributed by atoms with Crippen molar-refractivity contribution in [2.75, 3.05) is 18.0 Å². The van der Waals surface area contributed by atoms with Crippen molar-refractivity contribution >= 4 is 27.2 Å². The molecule has 1 heterocycles. The van der Waals surface area contributed by atoms with Crippen LogP contribution in [0.25, 0.3) is 0 Å². The van der Waals surface area contributed by atoms with Gasteiger partial charge in [0.1, 0.15) is 5.69 Å². The van der Waals surface area contributed by atoms with Gasteiger partial charge in [0.05, 0.1) is 15.7 Å². The highest BCUT2D eigenvalue weighted by Crippen LogP contribution is 2.34. The number of carbonyl (C=O) groups is 1. The van der Waals surface area contributed by atoms with Gasteiger partial charge >= 0.3 is 11.7 Å². The lowest BCUT2D eigenvalue weighted by Crippen LogP contribution is -2.36. The summed E-state index contributed by atoms with van der Waals surface area (Å²) in [5.74, 6) is -5.16. The number of anilines is 1. The summed E-state index contributed by atoms with van der Waals surface area (Å²) in [7, 11) is -4.93. The SMILES string of the molecule is O=C(O)C1CCN(c2ccc(S(=O)(=O)C(F)F)cc2[N+](=O)[O-])CC1. The first kappa shape index (κ1) is 18.0. The Morgan fingerprint density at radius 1 is 1.33 bits per heavy atom. The molecule has 1 aliphatic rings. The van der Waals surface area contributed by atoms with E-state index in [-0.39, 0.29) is 31.6 Å². The summed E-state index contributed by atoms with van der Waals surface area (Å²) < 4.78 is 48.1. The molecule has 1 saturated heterocycles. The molecule has 1 aromatic rings. The van der Waals surface area contributed by atoms with Crippen molar-refractivity contribution in [1.29, 1.82) is 0 Å². The second-order valence-electron chi connectivity index (χ2n) is 5.31. The summed E-state index contributed by atoms with van der Waals surface area (Å²) >= 11 is 0. The molecule has 0 aliphatic carbocycles. The molecule has 1 N–H and O–H groups in total. The molecule has 8 nitrogen and oxygen atoms in total. The summed E-state index contributed by atoms with van der Waals surface area (Å²) in [6.45, 7) is 0.470. The minimum atomic E-state index is -4.93. The topological polar surface area (TPSA) is 118 Å². The molecule has 0 unspecified atom stereocenters. The smallest absolute Gasteiger partial charge is 0.341 e. The van der Waals surface area contributed by atoms with E-state index in [4.69, 9.17) is 5.11 Å². The molecule has 1 aliphatic heterocycles. The Balaban J connectivity index is 2.35. The zero-order valence-electron chi connectivity index (χ0n) is 12.3. The zero-order chi connectivity index (χ0) is 18.1. The highest BCUT2D eigenvalue weighted by atomic mass is 32.2. The lowest BCUT2D eigenvalue weighted by molar-refractivity contribution is -0.384. The molecule has 11 heteroatoms. The van der Waals surface area contributed by atoms with E-state index in [9.17, 15) is 32.1 Å². The normalized spacial score (nSPS) is 16.4. The fourth-order valence-corrected chi connectivity index (χ4v) is 3.30. The minimum Gasteiger partial charge on any atom is -0.481 e. The molecule has 0 amide bonds. The predicted molar refractivity (Wildman–Crippen MR) is 78.9 cm³/mol. The van der Waals surface area contributed by atoms with Crippen LogP contribution in [0.5, 0.6) is 0 Å². The maximum atomic E-state index is 12.6. The third-order valence-electron chi connectivity index (χ3n) is 3.89. The van der Waals surface area contributed by atoms with E-state index in [1.165, 1.54) is 0 Å². The van der Waals surface area contributed by atoms with Gasteiger partial charge in [-0.2, -0.15) is 8.78 Å². The molecule has 0 spiro atoms. The fraction of sp³-hybridized carbons (Fsp3) is 0.462. The number of carboxylic acids is 1. The van der Waals surface area contributed by atoms with Crippen molar-refractivity contribution in [3.8, 4) is 0 Å². The summed E-state index contributed by atoms with van der Waals surface area (Å²) in [5, 5.41) is 20.1. The summed E-state index contributed by atoms with van der Waals surface area (Å²) in [6, 6.07) is 2.61. The van der Waals surface area contributed by atoms with Crippen molar-refractivity contribution < 1.29 is 32.0 Å². The maximum Gasteiger partial charge on any atom is 0.341 e. The summed E-state index contributed by atoms with van der Waals surface area (Å²) in [5.41, 5.74) is -0.525. The Hall–Kier alpha value is -2.30. The van der Waals surface area contributed by atoms with Crippen molar-refractivity contribution in [1.82, 2.24) is 0 Å². The maximum absolute atomic E-state index is 12.6. The lowest BCUT2D eigenvalue weighted by atomic mass is 9.96. The van der Waals surface area contributed by atoms with Crippen molar-refractivity contribution in [3.63, 3.8) is 0 Å². The highest BCUT2D eigenvalue weighted by molar-refractivity contribution is 7.91. The summed E-state index contributed by atoms with van der Waals surface area (Å²) in [6.07, 6.45) is 0.563. The average molecular weight is 364 g/mol. The zero-order valence-corrected chi connectivity index (χ0v) is 13.1. The van der Waals surface area contributed by atoms with Gasteiger partial charge in [0.2, 0.25) is 9.84 Å². The van der Waals surface area contributed by atoms with Gasteiger partial charge in [-0.3, -0.25) is 14.9 Å². The van der Waals surface area contributed by atoms with Crippen LogP contribution in [0.2, 0.25) is 0 Å². The number of nitro groups is 1. The Kier molecular flexibility index (Phi) is 5.02. The van der Waals surface area contributed by atoms with Gasteiger partial charge in [0, 0.05) is 19.2 Å². The molecule has 1 aromatic carbocycles. The quantitative estimate of drug-likeness (QED) is 0.626. The molecule has 0 bridgehead atoms. The Labute approximate surface area is 135 Å². The second kappa shape index (κ2) is 6.67. The van der Waals surface area contributed by atoms with Crippen LogP contribution in [0, 0.1) is 16.0 Å². The molecular weight excluding hydrogens is 350 g/mol. The Bertz CT molecular complexity index is 760. The molecule has 0 radical (unpaired) electrons. The van der Waals surface area contributed by atoms with Crippen LogP contribution in [0.15, 0.2) is 23.1 Å². The first-order chi connectivity index (χ1) is 11.1. The minimum absolute atomic E-state index is 0.0806. The van der Waals surface area contributed by atoms with Crippen molar-refractivity contribution in [3.05, 3.63) is 28.3 Å². The van der Waals surface area contributed by atoms with E-state index in [1.54, 1.807) is 4.90 Å². The van der Waals surface area contributed by atoms with E-state index >= 15 is 0 Å². The number of nitrogens with zero attached hydrogens (tertiary/aromatic N) is 2. The van der Waals surface area contributed by atoms with Crippen LogP contribution in [0.4, 0.5) is 20.2 Å². The Morgan fingerprint density at radius 3 is 2.38 bits per heavy atom. The number of nitro benzene ring substituents is 1. The molecule has 132 valence electrons. The standard InChI is InChI=1S/C13H14F2N2O6S/c14-13(15)24(22,23)9-1-2-10(11(7-9)17(20)21)16-5-3-8(4-6-16)12(18)19/h1-2,7-8,13H,3-6H2,(H,18,19). The number of halogens is 2. The summed E-state index contributed by atoms with van der Waals surface area (Å²) in [4.78, 5) is 22.0. The molecular formula is C13H14F2N2O6S. The van der Waals surface area contributed by atoms with Crippen molar-refractivity contribution in [2.24, 2.45) is 5.92 Å². The monoisotopic (exact) mass is 364 g/mol. The highest BCUT2D eigenvalue weighted by Gasteiger charge is 2.32. The van der Waals surface area contributed by atoms with Gasteiger partial charge in [-0.15, -0.1) is 0 Å². The average Bonchev–Trinajstić information content (AvgIpc) is 2.54. The number of alkyl halides is 2. The third kappa shape index (κ3) is 3.45. The number of aliphatic carboxylic acids is 1. The van der Waals surface area contributed by atoms with Gasteiger partial charge in [0.25, 0.3) is 5.69 Å². The number of piperidine rings is 1. The first-order valence-corrected chi connectivity index (χ1v) is 8.47. The van der Waals surface area contributed by atoms with Gasteiger partial charge in [-0.1, -0.05) is 0 Å². The number of benzene rings is 1. The first-order valence-electron chi connectivity index (χ1n) is 6.93. The molecule has 0 saturated carbocycles. The van der Waals surface area contributed by atoms with Gasteiger partial charge in [0.15, 0.2) is 0 Å². The van der Waals surface area contributed by atoms with Crippen LogP contribution in [0.1, 0.15) is 12.8 Å². The van der Waals surface area contributed by atoms with Crippen molar-refractivity contribution in [2.45, 2.75) is 23.5 Å². The molecule has 0 aromatic heterocycles. The number of hydrogen-bond acceptors (Lipinski definition) is 6. The third-order valence-corrected chi connectivity index (χ3v) is 5.27. The second-order valence-corrected chi connectivity index (χ2v) is 7.23. The van der Waals surface area contributed by atoms with Crippen LogP contribution >= 0.6 is 0 Å². The van der Waals surface area contributed by atoms with Crippen LogP contribution in [-0.4, -0.2) is 43.3 Å². The van der Waals surface area contributed by atoms with E-state index < -0.39 is 43.0 Å². The Morgan fingerprint density at radius 2 is 1.92 bits per heavy atom. The number of rotatable bonds is 5. The lowest BCUT2D eigenvalue weighted by Gasteiger charge is -2.31. The number of carboxylic acid groups (broad SMARTS) is 1. The largest absolute Gasteiger partial charge is 0.481 e. The van der Waals surface area contributed by atoms with E-state index in [0.29, 0.717) is 6.07 Å².